The van der Waals surface area contributed by atoms with Crippen molar-refractivity contribution in [2.75, 3.05) is 7.11 Å². The minimum Gasteiger partial charge on any atom is -0.494 e. The van der Waals surface area contributed by atoms with Gasteiger partial charge in [0, 0.05) is 21.3 Å². The van der Waals surface area contributed by atoms with Crippen LogP contribution >= 0.6 is 31.9 Å². The lowest BCUT2D eigenvalue weighted by Crippen LogP contribution is -2.18. The van der Waals surface area contributed by atoms with Gasteiger partial charge in [0.15, 0.2) is 0 Å². The molecule has 1 aliphatic heterocycles. The zero-order valence-corrected chi connectivity index (χ0v) is 16.3. The highest BCUT2D eigenvalue weighted by Gasteiger charge is 2.23. The number of nitrogens with zero attached hydrogens (tertiary/aromatic N) is 4. The molecule has 4 heterocycles. The quantitative estimate of drug-likeness (QED) is 0.546. The van der Waals surface area contributed by atoms with Crippen molar-refractivity contribution in [1.29, 1.82) is 0 Å². The molecule has 8 heteroatoms. The molecule has 0 atom stereocenters. The van der Waals surface area contributed by atoms with Gasteiger partial charge in [0.1, 0.15) is 17.0 Å². The maximum absolute atomic E-state index is 12.9. The summed E-state index contributed by atoms with van der Waals surface area (Å²) in [5, 5.41) is 4.38. The van der Waals surface area contributed by atoms with E-state index in [0.717, 1.165) is 25.8 Å². The smallest absolute Gasteiger partial charge is 0.227 e. The molecule has 0 amide bonds. The summed E-state index contributed by atoms with van der Waals surface area (Å²) in [6.07, 6.45) is 4.77. The number of aryl methyl sites for hydroxylation is 1. The molecule has 0 spiro atoms. The summed E-state index contributed by atoms with van der Waals surface area (Å²) in [4.78, 5) is 21.7. The van der Waals surface area contributed by atoms with E-state index in [-0.39, 0.29) is 5.78 Å². The van der Waals surface area contributed by atoms with Gasteiger partial charge in [0.25, 0.3) is 0 Å². The summed E-state index contributed by atoms with van der Waals surface area (Å²) in [7, 11) is 1.59. The van der Waals surface area contributed by atoms with Crippen LogP contribution in [-0.2, 0) is 6.42 Å². The predicted octanol–water partition coefficient (Wildman–Crippen LogP) is 4.16. The molecule has 3 aromatic rings. The molecule has 0 aromatic carbocycles. The molecule has 0 saturated heterocycles. The zero-order valence-electron chi connectivity index (χ0n) is 13.2. The van der Waals surface area contributed by atoms with Crippen molar-refractivity contribution in [3.8, 4) is 5.75 Å². The van der Waals surface area contributed by atoms with Crippen LogP contribution in [0.1, 0.15) is 22.6 Å². The van der Waals surface area contributed by atoms with Gasteiger partial charge in [0.05, 0.1) is 24.2 Å². The lowest BCUT2D eigenvalue weighted by molar-refractivity contribution is 0.105. The lowest BCUT2D eigenvalue weighted by atomic mass is 10.0. The van der Waals surface area contributed by atoms with Crippen molar-refractivity contribution in [2.24, 2.45) is 4.99 Å². The van der Waals surface area contributed by atoms with E-state index in [4.69, 9.17) is 4.74 Å². The number of hydrogen-bond donors (Lipinski definition) is 0. The normalized spacial score (nSPS) is 13.5. The number of ketones is 1. The molecule has 1 aliphatic rings. The molecular formula is C17H12Br2N4O2. The maximum Gasteiger partial charge on any atom is 0.227 e. The van der Waals surface area contributed by atoms with Gasteiger partial charge in [-0.15, -0.1) is 0 Å². The Kier molecular flexibility index (Phi) is 4.16. The summed E-state index contributed by atoms with van der Waals surface area (Å²) >= 11 is 6.80. The molecule has 4 rings (SSSR count). The molecule has 0 unspecified atom stereocenters. The van der Waals surface area contributed by atoms with Crippen LogP contribution in [-0.4, -0.2) is 33.2 Å². The van der Waals surface area contributed by atoms with Crippen molar-refractivity contribution >= 4 is 54.6 Å². The third kappa shape index (κ3) is 3.00. The number of aliphatic imine (C=N–C) groups is 1. The van der Waals surface area contributed by atoms with Crippen molar-refractivity contribution in [1.82, 2.24) is 14.6 Å². The van der Waals surface area contributed by atoms with Crippen LogP contribution in [0.15, 0.2) is 44.5 Å². The first-order chi connectivity index (χ1) is 12.0. The van der Waals surface area contributed by atoms with Crippen LogP contribution in [0.25, 0.3) is 5.52 Å². The first-order valence-electron chi connectivity index (χ1n) is 7.55. The van der Waals surface area contributed by atoms with Crippen LogP contribution in [0.3, 0.4) is 0 Å². The number of Topliss-reactive ketones (excluding diaryl/α,β-unsaturated/α-hetero) is 1. The lowest BCUT2D eigenvalue weighted by Gasteiger charge is -2.13. The Morgan fingerprint density at radius 2 is 2.04 bits per heavy atom. The standard InChI is InChI=1S/C17H12Br2N4O2/c1-25-16-5-10(19)8-23-15(16)6-14(22-23)17(24)12-3-2-11-13(21-12)4-9(18)7-20-11/h4-8H,2-3H2,1H3. The first-order valence-corrected chi connectivity index (χ1v) is 9.13. The molecule has 0 radical (unpaired) electrons. The van der Waals surface area contributed by atoms with Gasteiger partial charge >= 0.3 is 0 Å². The van der Waals surface area contributed by atoms with Gasteiger partial charge < -0.3 is 4.74 Å². The second-order valence-corrected chi connectivity index (χ2v) is 7.42. The maximum atomic E-state index is 12.9. The largest absolute Gasteiger partial charge is 0.494 e. The monoisotopic (exact) mass is 462 g/mol. The Bertz CT molecular complexity index is 1040. The second-order valence-electron chi connectivity index (χ2n) is 5.59. The number of hydrogen-bond acceptors (Lipinski definition) is 5. The summed E-state index contributed by atoms with van der Waals surface area (Å²) in [5.74, 6) is 0.470. The number of pyridine rings is 2. The minimum atomic E-state index is -0.174. The third-order valence-corrected chi connectivity index (χ3v) is 4.85. The molecule has 126 valence electrons. The molecule has 0 saturated carbocycles. The van der Waals surface area contributed by atoms with E-state index >= 15 is 0 Å². The summed E-state index contributed by atoms with van der Waals surface area (Å²) in [6, 6.07) is 5.44. The van der Waals surface area contributed by atoms with Crippen molar-refractivity contribution in [2.45, 2.75) is 12.8 Å². The van der Waals surface area contributed by atoms with Crippen LogP contribution in [0, 0.1) is 0 Å². The molecule has 0 fully saturated rings. The minimum absolute atomic E-state index is 0.174. The Labute approximate surface area is 160 Å². The molecular weight excluding hydrogens is 452 g/mol. The van der Waals surface area contributed by atoms with Gasteiger partial charge in [-0.25, -0.2) is 9.51 Å². The van der Waals surface area contributed by atoms with Crippen molar-refractivity contribution in [3.05, 3.63) is 50.9 Å². The molecule has 0 bridgehead atoms. The number of carbonyl (C=O) groups excluding carboxylic acids is 1. The number of carbonyl (C=O) groups is 1. The van der Waals surface area contributed by atoms with E-state index in [1.807, 2.05) is 12.1 Å². The number of methoxy groups -OCH3 is 1. The van der Waals surface area contributed by atoms with Gasteiger partial charge in [-0.2, -0.15) is 5.10 Å². The Morgan fingerprint density at radius 3 is 2.84 bits per heavy atom. The molecule has 0 N–H and O–H groups in total. The van der Waals surface area contributed by atoms with E-state index in [1.165, 1.54) is 0 Å². The molecule has 3 aromatic heterocycles. The van der Waals surface area contributed by atoms with Crippen molar-refractivity contribution in [3.63, 3.8) is 0 Å². The topological polar surface area (TPSA) is 68.8 Å². The van der Waals surface area contributed by atoms with E-state index < -0.39 is 0 Å². The molecule has 0 aliphatic carbocycles. The molecule has 25 heavy (non-hydrogen) atoms. The van der Waals surface area contributed by atoms with E-state index in [9.17, 15) is 4.79 Å². The van der Waals surface area contributed by atoms with Gasteiger partial charge in [-0.1, -0.05) is 0 Å². The third-order valence-electron chi connectivity index (χ3n) is 3.99. The predicted molar refractivity (Wildman–Crippen MR) is 101 cm³/mol. The van der Waals surface area contributed by atoms with E-state index in [1.54, 1.807) is 30.1 Å². The van der Waals surface area contributed by atoms with Crippen LogP contribution < -0.4 is 4.74 Å². The highest BCUT2D eigenvalue weighted by Crippen LogP contribution is 2.29. The van der Waals surface area contributed by atoms with E-state index in [0.29, 0.717) is 30.0 Å². The fourth-order valence-electron chi connectivity index (χ4n) is 2.80. The van der Waals surface area contributed by atoms with Crippen LogP contribution in [0.4, 0.5) is 5.69 Å². The Morgan fingerprint density at radius 1 is 1.20 bits per heavy atom. The number of rotatable bonds is 3. The summed E-state index contributed by atoms with van der Waals surface area (Å²) in [6.45, 7) is 0. The molecule has 6 nitrogen and oxygen atoms in total. The highest BCUT2D eigenvalue weighted by molar-refractivity contribution is 9.10. The van der Waals surface area contributed by atoms with Gasteiger partial charge in [-0.05, 0) is 62.9 Å². The Hall–Kier alpha value is -2.06. The van der Waals surface area contributed by atoms with E-state index in [2.05, 4.69) is 46.9 Å². The number of aromatic nitrogens is 3. The fraction of sp³-hybridized carbons (Fsp3) is 0.176. The number of halogens is 2. The Balaban J connectivity index is 1.75. The first kappa shape index (κ1) is 16.4. The van der Waals surface area contributed by atoms with Crippen LogP contribution in [0.5, 0.6) is 5.75 Å². The zero-order chi connectivity index (χ0) is 17.6. The van der Waals surface area contributed by atoms with Crippen LogP contribution in [0.2, 0.25) is 0 Å². The van der Waals surface area contributed by atoms with Gasteiger partial charge in [-0.3, -0.25) is 9.78 Å². The summed E-state index contributed by atoms with van der Waals surface area (Å²) < 4.78 is 8.65. The second kappa shape index (κ2) is 6.34. The number of ether oxygens (including phenoxy) is 1. The average molecular weight is 464 g/mol. The number of fused-ring (bicyclic) bond motifs is 2. The average Bonchev–Trinajstić information content (AvgIpc) is 3.03. The van der Waals surface area contributed by atoms with Gasteiger partial charge in [0.2, 0.25) is 5.78 Å². The van der Waals surface area contributed by atoms with Crippen molar-refractivity contribution < 1.29 is 9.53 Å². The SMILES string of the molecule is COc1cc(Br)cn2nc(C(=O)C3=Nc4cc(Br)cnc4CC3)cc12. The fourth-order valence-corrected chi connectivity index (χ4v) is 3.52. The highest BCUT2D eigenvalue weighted by atomic mass is 79.9. The summed E-state index contributed by atoms with van der Waals surface area (Å²) in [5.41, 5.74) is 3.21.